The number of benzene rings is 2. The normalized spacial score (nSPS) is 12.1. The van der Waals surface area contributed by atoms with Crippen LogP contribution in [-0.2, 0) is 15.6 Å². The Morgan fingerprint density at radius 1 is 0.919 bits per heavy atom. The van der Waals surface area contributed by atoms with Crippen LogP contribution in [0.3, 0.4) is 0 Å². The van der Waals surface area contributed by atoms with E-state index < -0.39 is 0 Å². The van der Waals surface area contributed by atoms with Crippen molar-refractivity contribution in [2.24, 2.45) is 0 Å². The van der Waals surface area contributed by atoms with Gasteiger partial charge in [0.1, 0.15) is 22.9 Å². The molecule has 0 spiro atoms. The van der Waals surface area contributed by atoms with Crippen LogP contribution in [0.25, 0.3) is 16.9 Å². The number of carbonyl (C=O) groups is 1. The molecule has 37 heavy (non-hydrogen) atoms. The second kappa shape index (κ2) is 10.4. The number of pyridine rings is 1. The molecule has 0 aliphatic rings. The van der Waals surface area contributed by atoms with Crippen LogP contribution < -0.4 is 10.1 Å². The number of aryl methyl sites for hydroxylation is 1. The average Bonchev–Trinajstić information content (AvgIpc) is 3.27. The third kappa shape index (κ3) is 5.41. The first-order valence-electron chi connectivity index (χ1n) is 13.2. The number of hydrogen-bond acceptors (Lipinski definition) is 3. The number of ether oxygens (including phenoxy) is 1. The zero-order valence-corrected chi connectivity index (χ0v) is 23.2. The molecule has 1 amide bonds. The molecule has 1 N–H and O–H groups in total. The molecular formula is C32H39N3O2. The Morgan fingerprint density at radius 2 is 1.62 bits per heavy atom. The van der Waals surface area contributed by atoms with Gasteiger partial charge in [-0.15, -0.1) is 0 Å². The fourth-order valence-electron chi connectivity index (χ4n) is 4.48. The maximum absolute atomic E-state index is 13.2. The van der Waals surface area contributed by atoms with E-state index in [1.807, 2.05) is 65.9 Å². The number of fused-ring (bicyclic) bond motifs is 1. The first-order chi connectivity index (χ1) is 17.6. The summed E-state index contributed by atoms with van der Waals surface area (Å²) in [5.74, 6) is 1.19. The molecular weight excluding hydrogens is 458 g/mol. The minimum atomic E-state index is -0.222. The molecule has 0 unspecified atom stereocenters. The van der Waals surface area contributed by atoms with Gasteiger partial charge in [0, 0.05) is 16.8 Å². The summed E-state index contributed by atoms with van der Waals surface area (Å²) < 4.78 is 8.16. The van der Waals surface area contributed by atoms with E-state index in [9.17, 15) is 4.79 Å². The number of hydrogen-bond donors (Lipinski definition) is 1. The van der Waals surface area contributed by atoms with Gasteiger partial charge in [-0.05, 0) is 54.4 Å². The zero-order chi connectivity index (χ0) is 26.8. The minimum Gasteiger partial charge on any atom is -0.483 e. The van der Waals surface area contributed by atoms with Crippen LogP contribution in [0.5, 0.6) is 5.75 Å². The second-order valence-electron chi connectivity index (χ2n) is 11.1. The Bertz CT molecular complexity index is 1400. The molecule has 5 nitrogen and oxygen atoms in total. The fraction of sp³-hybridized carbons (Fsp3) is 0.375. The van der Waals surface area contributed by atoms with Crippen LogP contribution in [0.1, 0.15) is 71.2 Å². The van der Waals surface area contributed by atoms with Gasteiger partial charge in [0.25, 0.3) is 5.91 Å². The highest BCUT2D eigenvalue weighted by atomic mass is 16.5. The Kier molecular flexibility index (Phi) is 7.44. The van der Waals surface area contributed by atoms with E-state index in [1.54, 1.807) is 0 Å². The molecule has 0 bridgehead atoms. The number of rotatable bonds is 9. The van der Waals surface area contributed by atoms with Gasteiger partial charge >= 0.3 is 0 Å². The van der Waals surface area contributed by atoms with E-state index in [0.717, 1.165) is 46.8 Å². The first-order valence-corrected chi connectivity index (χ1v) is 13.2. The molecule has 0 saturated carbocycles. The van der Waals surface area contributed by atoms with E-state index in [1.165, 1.54) is 5.56 Å². The lowest BCUT2D eigenvalue weighted by molar-refractivity contribution is -0.118. The lowest BCUT2D eigenvalue weighted by atomic mass is 9.76. The molecule has 0 atom stereocenters. The highest BCUT2D eigenvalue weighted by Crippen LogP contribution is 2.38. The van der Waals surface area contributed by atoms with Crippen molar-refractivity contribution in [1.82, 2.24) is 9.38 Å². The van der Waals surface area contributed by atoms with Crippen LogP contribution in [-0.4, -0.2) is 21.9 Å². The largest absolute Gasteiger partial charge is 0.483 e. The molecule has 0 radical (unpaired) electrons. The van der Waals surface area contributed by atoms with Crippen LogP contribution >= 0.6 is 0 Å². The molecule has 0 saturated heterocycles. The minimum absolute atomic E-state index is 0.0727. The zero-order valence-electron chi connectivity index (χ0n) is 23.2. The molecule has 5 heteroatoms. The number of imidazole rings is 1. The van der Waals surface area contributed by atoms with Gasteiger partial charge in [0.15, 0.2) is 6.61 Å². The number of aromatic nitrogens is 2. The van der Waals surface area contributed by atoms with Gasteiger partial charge in [-0.2, -0.15) is 0 Å². The molecule has 2 heterocycles. The summed E-state index contributed by atoms with van der Waals surface area (Å²) in [5, 5.41) is 3.10. The molecule has 0 aliphatic heterocycles. The predicted octanol–water partition coefficient (Wildman–Crippen LogP) is 7.70. The summed E-state index contributed by atoms with van der Waals surface area (Å²) in [4.78, 5) is 18.1. The second-order valence-corrected chi connectivity index (χ2v) is 11.1. The van der Waals surface area contributed by atoms with Crippen molar-refractivity contribution >= 4 is 17.4 Å². The van der Waals surface area contributed by atoms with Gasteiger partial charge in [0.2, 0.25) is 0 Å². The summed E-state index contributed by atoms with van der Waals surface area (Å²) in [7, 11) is 0. The molecule has 0 aliphatic carbocycles. The molecule has 4 rings (SSSR count). The lowest BCUT2D eigenvalue weighted by Crippen LogP contribution is -2.24. The molecule has 4 aromatic rings. The van der Waals surface area contributed by atoms with Crippen molar-refractivity contribution in [3.63, 3.8) is 0 Å². The Labute approximate surface area is 220 Å². The Balaban J connectivity index is 1.63. The van der Waals surface area contributed by atoms with Crippen molar-refractivity contribution in [3.8, 4) is 17.0 Å². The van der Waals surface area contributed by atoms with Crippen LogP contribution in [0.4, 0.5) is 5.82 Å². The third-order valence-electron chi connectivity index (χ3n) is 7.76. The number of nitrogens with zero attached hydrogens (tertiary/aromatic N) is 2. The Morgan fingerprint density at radius 3 is 2.30 bits per heavy atom. The molecule has 2 aromatic heterocycles. The lowest BCUT2D eigenvalue weighted by Gasteiger charge is -2.30. The van der Waals surface area contributed by atoms with E-state index in [0.29, 0.717) is 5.82 Å². The quantitative estimate of drug-likeness (QED) is 0.258. The topological polar surface area (TPSA) is 55.6 Å². The van der Waals surface area contributed by atoms with Crippen molar-refractivity contribution in [2.45, 2.75) is 72.1 Å². The highest BCUT2D eigenvalue weighted by molar-refractivity contribution is 5.95. The van der Waals surface area contributed by atoms with E-state index in [2.05, 4.69) is 59.0 Å². The van der Waals surface area contributed by atoms with Gasteiger partial charge in [0.05, 0.1) is 0 Å². The Hall–Kier alpha value is -3.60. The van der Waals surface area contributed by atoms with Crippen molar-refractivity contribution in [2.75, 3.05) is 11.9 Å². The predicted molar refractivity (Wildman–Crippen MR) is 153 cm³/mol. The number of carbonyl (C=O) groups excluding carboxylic acids is 1. The monoisotopic (exact) mass is 497 g/mol. The van der Waals surface area contributed by atoms with Crippen molar-refractivity contribution in [1.29, 1.82) is 0 Å². The summed E-state index contributed by atoms with van der Waals surface area (Å²) in [6, 6.07) is 22.3. The first kappa shape index (κ1) is 26.5. The van der Waals surface area contributed by atoms with Crippen LogP contribution in [0, 0.1) is 6.92 Å². The standard InChI is InChI=1S/C32H39N3O2/c1-8-31(4,5)24-18-19-26(25(20-24)32(6,7)9-2)37-21-28(36)34-30-29(23-15-11-10-12-16-23)33-27-17-13-14-22(3)35(27)30/h10-20H,8-9,21H2,1-7H3,(H,34,36). The number of amides is 1. The number of nitrogens with one attached hydrogen (secondary N) is 1. The van der Waals surface area contributed by atoms with E-state index >= 15 is 0 Å². The molecule has 0 fully saturated rings. The summed E-state index contributed by atoms with van der Waals surface area (Å²) in [6.45, 7) is 15.3. The summed E-state index contributed by atoms with van der Waals surface area (Å²) in [6.07, 6.45) is 2.01. The highest BCUT2D eigenvalue weighted by Gasteiger charge is 2.27. The maximum atomic E-state index is 13.2. The molecule has 2 aromatic carbocycles. The van der Waals surface area contributed by atoms with Gasteiger partial charge in [-0.1, -0.05) is 90.1 Å². The third-order valence-corrected chi connectivity index (χ3v) is 7.76. The smallest absolute Gasteiger partial charge is 0.263 e. The van der Waals surface area contributed by atoms with Gasteiger partial charge < -0.3 is 10.1 Å². The van der Waals surface area contributed by atoms with Crippen molar-refractivity contribution in [3.05, 3.63) is 83.6 Å². The van der Waals surface area contributed by atoms with Gasteiger partial charge in [-0.3, -0.25) is 9.20 Å². The van der Waals surface area contributed by atoms with Crippen LogP contribution in [0.15, 0.2) is 66.7 Å². The van der Waals surface area contributed by atoms with E-state index in [4.69, 9.17) is 9.72 Å². The molecule has 194 valence electrons. The SMILES string of the molecule is CCC(C)(C)c1ccc(OCC(=O)Nc2c(-c3ccccc3)nc3cccc(C)n23)c(C(C)(C)CC)c1. The maximum Gasteiger partial charge on any atom is 0.263 e. The summed E-state index contributed by atoms with van der Waals surface area (Å²) >= 11 is 0. The van der Waals surface area contributed by atoms with Crippen molar-refractivity contribution < 1.29 is 9.53 Å². The average molecular weight is 498 g/mol. The summed E-state index contributed by atoms with van der Waals surface area (Å²) in [5.41, 5.74) is 5.88. The van der Waals surface area contributed by atoms with E-state index in [-0.39, 0.29) is 23.3 Å². The van der Waals surface area contributed by atoms with Gasteiger partial charge in [-0.25, -0.2) is 4.98 Å². The fourth-order valence-corrected chi connectivity index (χ4v) is 4.48. The number of anilines is 1. The van der Waals surface area contributed by atoms with Crippen LogP contribution in [0.2, 0.25) is 0 Å².